The number of nitrogens with one attached hydrogen (secondary N) is 1. The second-order valence-electron chi connectivity index (χ2n) is 9.88. The van der Waals surface area contributed by atoms with Crippen LogP contribution in [0.1, 0.15) is 47.4 Å². The van der Waals surface area contributed by atoms with E-state index in [0.717, 1.165) is 56.8 Å². The first kappa shape index (κ1) is 23.8. The highest BCUT2D eigenvalue weighted by Gasteiger charge is 2.30. The van der Waals surface area contributed by atoms with Crippen molar-refractivity contribution in [2.24, 2.45) is 10.9 Å². The van der Waals surface area contributed by atoms with Crippen molar-refractivity contribution < 1.29 is 19.1 Å². The third-order valence-corrected chi connectivity index (χ3v) is 7.43. The average Bonchev–Trinajstić information content (AvgIpc) is 3.62. The second kappa shape index (κ2) is 10.4. The van der Waals surface area contributed by atoms with E-state index in [1.165, 1.54) is 10.5 Å². The van der Waals surface area contributed by atoms with Gasteiger partial charge in [-0.3, -0.25) is 19.6 Å². The van der Waals surface area contributed by atoms with Gasteiger partial charge in [-0.15, -0.1) is 0 Å². The molecule has 11 heteroatoms. The molecule has 1 N–H and O–H groups in total. The molecule has 2 aromatic heterocycles. The van der Waals surface area contributed by atoms with Crippen LogP contribution in [0.5, 0.6) is 6.01 Å². The maximum Gasteiger partial charge on any atom is 0.319 e. The number of rotatable bonds is 6. The molecule has 0 spiro atoms. The molecule has 37 heavy (non-hydrogen) atoms. The average molecular weight is 506 g/mol. The van der Waals surface area contributed by atoms with E-state index >= 15 is 0 Å². The van der Waals surface area contributed by atoms with Crippen LogP contribution in [0, 0.1) is 5.92 Å². The van der Waals surface area contributed by atoms with Crippen LogP contribution in [0.2, 0.25) is 0 Å². The number of ether oxygens (including phenoxy) is 2. The molecule has 6 rings (SSSR count). The molecule has 1 atom stereocenters. The minimum absolute atomic E-state index is 0.0116. The lowest BCUT2D eigenvalue weighted by Gasteiger charge is -2.33. The van der Waals surface area contributed by atoms with Crippen LogP contribution >= 0.6 is 0 Å². The van der Waals surface area contributed by atoms with E-state index in [1.54, 1.807) is 6.07 Å². The molecule has 4 aliphatic rings. The van der Waals surface area contributed by atoms with Crippen LogP contribution < -0.4 is 15.0 Å². The van der Waals surface area contributed by atoms with Crippen molar-refractivity contribution in [2.45, 2.75) is 38.3 Å². The van der Waals surface area contributed by atoms with Gasteiger partial charge in [0, 0.05) is 62.2 Å². The number of nitrogens with zero attached hydrogens (tertiary/aromatic N) is 6. The number of hydrogen-bond donors (Lipinski definition) is 1. The van der Waals surface area contributed by atoms with Gasteiger partial charge in [-0.05, 0) is 37.8 Å². The zero-order valence-corrected chi connectivity index (χ0v) is 20.8. The molecular weight excluding hydrogens is 474 g/mol. The summed E-state index contributed by atoms with van der Waals surface area (Å²) >= 11 is 0. The van der Waals surface area contributed by atoms with E-state index in [-0.39, 0.29) is 36.2 Å². The molecule has 0 aromatic carbocycles. The van der Waals surface area contributed by atoms with Gasteiger partial charge in [-0.1, -0.05) is 0 Å². The summed E-state index contributed by atoms with van der Waals surface area (Å²) in [5.74, 6) is 0.569. The van der Waals surface area contributed by atoms with E-state index in [0.29, 0.717) is 38.0 Å². The van der Waals surface area contributed by atoms with Crippen molar-refractivity contribution in [1.82, 2.24) is 25.2 Å². The topological polar surface area (TPSA) is 122 Å². The smallest absolute Gasteiger partial charge is 0.319 e. The molecule has 4 aliphatic heterocycles. The minimum atomic E-state index is -0.292. The summed E-state index contributed by atoms with van der Waals surface area (Å²) in [5, 5.41) is 2.75. The molecule has 0 bridgehead atoms. The normalized spacial score (nSPS) is 22.0. The van der Waals surface area contributed by atoms with Crippen molar-refractivity contribution in [3.05, 3.63) is 41.3 Å². The monoisotopic (exact) mass is 505 g/mol. The second-order valence-corrected chi connectivity index (χ2v) is 9.88. The predicted molar refractivity (Wildman–Crippen MR) is 135 cm³/mol. The lowest BCUT2D eigenvalue weighted by Crippen LogP contribution is -2.50. The highest BCUT2D eigenvalue weighted by atomic mass is 16.5. The Balaban J connectivity index is 1.19. The highest BCUT2D eigenvalue weighted by Crippen LogP contribution is 2.30. The van der Waals surface area contributed by atoms with Gasteiger partial charge in [-0.2, -0.15) is 9.97 Å². The number of fused-ring (bicyclic) bond motifs is 1. The predicted octanol–water partition coefficient (Wildman–Crippen LogP) is 1.22. The number of pyridine rings is 1. The number of carbonyl (C=O) groups is 2. The number of aromatic nitrogens is 3. The highest BCUT2D eigenvalue weighted by molar-refractivity contribution is 6.05. The SMILES string of the molecule is O=C1CN(C(=O)c2cc(N3CCC(C4=NCc5ncccc54)CC3)nc(OC[C@H]3CCCO3)n2)CCN1. The number of piperazine rings is 1. The Morgan fingerprint density at radius 3 is 2.89 bits per heavy atom. The van der Waals surface area contributed by atoms with Crippen molar-refractivity contribution in [2.75, 3.05) is 50.8 Å². The van der Waals surface area contributed by atoms with Gasteiger partial charge < -0.3 is 24.6 Å². The number of aliphatic imine (C=N–C) groups is 1. The maximum atomic E-state index is 13.3. The molecule has 0 radical (unpaired) electrons. The summed E-state index contributed by atoms with van der Waals surface area (Å²) in [6, 6.07) is 5.97. The third-order valence-electron chi connectivity index (χ3n) is 7.43. The molecule has 3 fully saturated rings. The molecule has 194 valence electrons. The van der Waals surface area contributed by atoms with Gasteiger partial charge in [-0.25, -0.2) is 0 Å². The van der Waals surface area contributed by atoms with E-state index in [2.05, 4.69) is 31.2 Å². The van der Waals surface area contributed by atoms with E-state index in [4.69, 9.17) is 14.5 Å². The van der Waals surface area contributed by atoms with Crippen molar-refractivity contribution in [3.63, 3.8) is 0 Å². The maximum absolute atomic E-state index is 13.3. The van der Waals surface area contributed by atoms with Gasteiger partial charge >= 0.3 is 6.01 Å². The van der Waals surface area contributed by atoms with Crippen LogP contribution in [0.3, 0.4) is 0 Å². The Morgan fingerprint density at radius 2 is 2.08 bits per heavy atom. The lowest BCUT2D eigenvalue weighted by atomic mass is 9.88. The van der Waals surface area contributed by atoms with Gasteiger partial charge in [0.1, 0.15) is 18.1 Å². The number of piperidine rings is 1. The van der Waals surface area contributed by atoms with Gasteiger partial charge in [0.05, 0.1) is 24.9 Å². The molecule has 0 saturated carbocycles. The van der Waals surface area contributed by atoms with E-state index < -0.39 is 0 Å². The van der Waals surface area contributed by atoms with Gasteiger partial charge in [0.25, 0.3) is 5.91 Å². The van der Waals surface area contributed by atoms with Crippen molar-refractivity contribution in [1.29, 1.82) is 0 Å². The molecular formula is C26H31N7O4. The zero-order valence-electron chi connectivity index (χ0n) is 20.8. The van der Waals surface area contributed by atoms with Gasteiger partial charge in [0.15, 0.2) is 0 Å². The number of anilines is 1. The zero-order chi connectivity index (χ0) is 25.2. The number of amides is 2. The first-order chi connectivity index (χ1) is 18.1. The third kappa shape index (κ3) is 5.13. The molecule has 6 heterocycles. The summed E-state index contributed by atoms with van der Waals surface area (Å²) in [4.78, 5) is 47.2. The summed E-state index contributed by atoms with van der Waals surface area (Å²) in [7, 11) is 0. The molecule has 2 aromatic rings. The summed E-state index contributed by atoms with van der Waals surface area (Å²) < 4.78 is 11.6. The van der Waals surface area contributed by atoms with Crippen molar-refractivity contribution in [3.8, 4) is 6.01 Å². The molecule has 0 unspecified atom stereocenters. The van der Waals surface area contributed by atoms with Crippen LogP contribution in [0.25, 0.3) is 0 Å². The van der Waals surface area contributed by atoms with Crippen LogP contribution in [-0.4, -0.2) is 89.4 Å². The fraction of sp³-hybridized carbons (Fsp3) is 0.538. The Bertz CT molecular complexity index is 1210. The Morgan fingerprint density at radius 1 is 1.19 bits per heavy atom. The summed E-state index contributed by atoms with van der Waals surface area (Å²) in [6.45, 7) is 4.19. The lowest BCUT2D eigenvalue weighted by molar-refractivity contribution is -0.123. The quantitative estimate of drug-likeness (QED) is 0.622. The standard InChI is InChI=1S/C26H31N7O4/c34-23-15-33(11-8-28-23)25(35)20-13-22(31-26(30-20)37-16-18-3-2-12-36-18)32-9-5-17(6-10-32)24-19-4-1-7-27-21(19)14-29-24/h1,4,7,13,17-18H,2-3,5-6,8-12,14-16H2,(H,28,34)/t18-/m1/s1. The Labute approximate surface area is 215 Å². The minimum Gasteiger partial charge on any atom is -0.461 e. The molecule has 3 saturated heterocycles. The van der Waals surface area contributed by atoms with E-state index in [1.807, 2.05) is 12.3 Å². The largest absolute Gasteiger partial charge is 0.461 e. The fourth-order valence-corrected chi connectivity index (χ4v) is 5.44. The first-order valence-electron chi connectivity index (χ1n) is 13.1. The first-order valence-corrected chi connectivity index (χ1v) is 13.1. The Hall–Kier alpha value is -3.60. The van der Waals surface area contributed by atoms with Crippen molar-refractivity contribution >= 4 is 23.3 Å². The molecule has 0 aliphatic carbocycles. The summed E-state index contributed by atoms with van der Waals surface area (Å²) in [5.41, 5.74) is 3.62. The Kier molecular flexibility index (Phi) is 6.69. The molecule has 11 nitrogen and oxygen atoms in total. The van der Waals surface area contributed by atoms with E-state index in [9.17, 15) is 9.59 Å². The number of hydrogen-bond acceptors (Lipinski definition) is 9. The number of carbonyl (C=O) groups excluding carboxylic acids is 2. The van der Waals surface area contributed by atoms with Crippen LogP contribution in [0.15, 0.2) is 29.4 Å². The van der Waals surface area contributed by atoms with Gasteiger partial charge in [0.2, 0.25) is 5.91 Å². The van der Waals surface area contributed by atoms with Crippen LogP contribution in [0.4, 0.5) is 5.82 Å². The molecule has 2 amide bonds. The summed E-state index contributed by atoms with van der Waals surface area (Å²) in [6.07, 6.45) is 5.64. The fourth-order valence-electron chi connectivity index (χ4n) is 5.44. The van der Waals surface area contributed by atoms with Crippen LogP contribution in [-0.2, 0) is 16.1 Å².